The minimum Gasteiger partial charge on any atom is -0.444 e. The minimum atomic E-state index is -0.848. The number of rotatable bonds is 4. The van der Waals surface area contributed by atoms with Crippen molar-refractivity contribution in [1.29, 1.82) is 0 Å². The van der Waals surface area contributed by atoms with Gasteiger partial charge in [-0.15, -0.1) is 0 Å². The SMILES string of the molecule is CC(C)(C)OC(=O)NC(C(=O)c1ccccc1)c1ccc(Cl)cc1. The molecule has 0 saturated carbocycles. The smallest absolute Gasteiger partial charge is 0.408 e. The molecule has 0 aliphatic rings. The number of amides is 1. The van der Waals surface area contributed by atoms with E-state index in [-0.39, 0.29) is 5.78 Å². The number of carbonyl (C=O) groups excluding carboxylic acids is 2. The van der Waals surface area contributed by atoms with E-state index in [4.69, 9.17) is 16.3 Å². The van der Waals surface area contributed by atoms with Gasteiger partial charge in [0.05, 0.1) is 0 Å². The van der Waals surface area contributed by atoms with Crippen LogP contribution < -0.4 is 5.32 Å². The summed E-state index contributed by atoms with van der Waals surface area (Å²) in [6.45, 7) is 5.30. The summed E-state index contributed by atoms with van der Waals surface area (Å²) in [5.74, 6) is -0.219. The largest absolute Gasteiger partial charge is 0.444 e. The van der Waals surface area contributed by atoms with Crippen LogP contribution in [0.15, 0.2) is 54.6 Å². The van der Waals surface area contributed by atoms with E-state index >= 15 is 0 Å². The number of hydrogen-bond donors (Lipinski definition) is 1. The zero-order valence-electron chi connectivity index (χ0n) is 13.9. The number of ketones is 1. The van der Waals surface area contributed by atoms with E-state index < -0.39 is 17.7 Å². The molecule has 1 N–H and O–H groups in total. The maximum Gasteiger partial charge on any atom is 0.408 e. The average Bonchev–Trinajstić information content (AvgIpc) is 2.52. The minimum absolute atomic E-state index is 0.219. The van der Waals surface area contributed by atoms with Crippen LogP contribution in [-0.4, -0.2) is 17.5 Å². The molecule has 0 spiro atoms. The van der Waals surface area contributed by atoms with Gasteiger partial charge < -0.3 is 10.1 Å². The lowest BCUT2D eigenvalue weighted by Crippen LogP contribution is -2.38. The van der Waals surface area contributed by atoms with Crippen molar-refractivity contribution >= 4 is 23.5 Å². The zero-order valence-corrected chi connectivity index (χ0v) is 14.6. The van der Waals surface area contributed by atoms with Crippen molar-refractivity contribution in [2.75, 3.05) is 0 Å². The molecule has 126 valence electrons. The Hall–Kier alpha value is -2.33. The van der Waals surface area contributed by atoms with Crippen LogP contribution >= 0.6 is 11.6 Å². The standard InChI is InChI=1S/C19H20ClNO3/c1-19(2,3)24-18(23)21-16(13-9-11-15(20)12-10-13)17(22)14-7-5-4-6-8-14/h4-12,16H,1-3H3,(H,21,23). The lowest BCUT2D eigenvalue weighted by molar-refractivity contribution is 0.0491. The van der Waals surface area contributed by atoms with Crippen LogP contribution in [0.3, 0.4) is 0 Å². The summed E-state index contributed by atoms with van der Waals surface area (Å²) in [4.78, 5) is 25.0. The number of benzene rings is 2. The van der Waals surface area contributed by atoms with Gasteiger partial charge in [-0.1, -0.05) is 54.1 Å². The molecule has 0 saturated heterocycles. The molecule has 0 fully saturated rings. The first-order valence-electron chi connectivity index (χ1n) is 7.60. The van der Waals surface area contributed by atoms with Gasteiger partial charge in [-0.2, -0.15) is 0 Å². The van der Waals surface area contributed by atoms with E-state index in [2.05, 4.69) is 5.32 Å². The molecule has 24 heavy (non-hydrogen) atoms. The summed E-state index contributed by atoms with van der Waals surface area (Å²) in [6, 6.07) is 14.7. The highest BCUT2D eigenvalue weighted by Gasteiger charge is 2.26. The van der Waals surface area contributed by atoms with Gasteiger partial charge >= 0.3 is 6.09 Å². The second kappa shape index (κ2) is 7.49. The van der Waals surface area contributed by atoms with Gasteiger partial charge in [0.25, 0.3) is 0 Å². The van der Waals surface area contributed by atoms with Crippen LogP contribution in [0.5, 0.6) is 0 Å². The van der Waals surface area contributed by atoms with Crippen LogP contribution in [0.25, 0.3) is 0 Å². The number of Topliss-reactive ketones (excluding diaryl/α,β-unsaturated/α-hetero) is 1. The summed E-state index contributed by atoms with van der Waals surface area (Å²) < 4.78 is 5.27. The molecule has 2 aromatic rings. The third-order valence-electron chi connectivity index (χ3n) is 3.18. The molecule has 1 unspecified atom stereocenters. The van der Waals surface area contributed by atoms with E-state index in [0.717, 1.165) is 0 Å². The molecule has 0 aromatic heterocycles. The molecular weight excluding hydrogens is 326 g/mol. The van der Waals surface area contributed by atoms with E-state index in [1.807, 2.05) is 6.07 Å². The highest BCUT2D eigenvalue weighted by atomic mass is 35.5. The van der Waals surface area contributed by atoms with E-state index in [1.54, 1.807) is 69.3 Å². The first-order chi connectivity index (χ1) is 11.3. The second-order valence-corrected chi connectivity index (χ2v) is 6.80. The highest BCUT2D eigenvalue weighted by Crippen LogP contribution is 2.21. The van der Waals surface area contributed by atoms with Crippen molar-refractivity contribution < 1.29 is 14.3 Å². The lowest BCUT2D eigenvalue weighted by atomic mass is 9.97. The molecule has 1 amide bonds. The first-order valence-corrected chi connectivity index (χ1v) is 7.98. The van der Waals surface area contributed by atoms with Gasteiger partial charge in [0, 0.05) is 10.6 Å². The molecule has 0 aliphatic carbocycles. The second-order valence-electron chi connectivity index (χ2n) is 6.36. The maximum atomic E-state index is 12.8. The zero-order chi connectivity index (χ0) is 17.7. The van der Waals surface area contributed by atoms with Crippen molar-refractivity contribution in [2.24, 2.45) is 0 Å². The number of alkyl carbamates (subject to hydrolysis) is 1. The van der Waals surface area contributed by atoms with E-state index in [9.17, 15) is 9.59 Å². The predicted molar refractivity (Wildman–Crippen MR) is 94.3 cm³/mol. The number of hydrogen-bond acceptors (Lipinski definition) is 3. The Morgan fingerprint density at radius 2 is 1.58 bits per heavy atom. The summed E-state index contributed by atoms with van der Waals surface area (Å²) in [6.07, 6.45) is -0.647. The topological polar surface area (TPSA) is 55.4 Å². The molecule has 5 heteroatoms. The molecule has 2 aromatic carbocycles. The first kappa shape index (κ1) is 18.0. The molecule has 4 nitrogen and oxygen atoms in total. The van der Waals surface area contributed by atoms with Crippen LogP contribution in [-0.2, 0) is 4.74 Å². The maximum absolute atomic E-state index is 12.8. The summed E-state index contributed by atoms with van der Waals surface area (Å²) in [5, 5.41) is 3.21. The third kappa shape index (κ3) is 5.10. The van der Waals surface area contributed by atoms with Crippen LogP contribution in [0.2, 0.25) is 5.02 Å². The van der Waals surface area contributed by atoms with Crippen LogP contribution in [0.1, 0.15) is 42.7 Å². The normalized spacial score (nSPS) is 12.3. The Labute approximate surface area is 146 Å². The molecule has 1 atom stereocenters. The molecule has 0 heterocycles. The number of carbonyl (C=O) groups is 2. The fourth-order valence-electron chi connectivity index (χ4n) is 2.15. The van der Waals surface area contributed by atoms with Gasteiger partial charge in [-0.05, 0) is 38.5 Å². The third-order valence-corrected chi connectivity index (χ3v) is 3.44. The van der Waals surface area contributed by atoms with Crippen LogP contribution in [0.4, 0.5) is 4.79 Å². The fourth-order valence-corrected chi connectivity index (χ4v) is 2.28. The van der Waals surface area contributed by atoms with E-state index in [0.29, 0.717) is 16.1 Å². The van der Waals surface area contributed by atoms with Gasteiger partial charge in [0.2, 0.25) is 0 Å². The molecule has 0 radical (unpaired) electrons. The van der Waals surface area contributed by atoms with E-state index in [1.165, 1.54) is 0 Å². The lowest BCUT2D eigenvalue weighted by Gasteiger charge is -2.23. The van der Waals surface area contributed by atoms with Crippen molar-refractivity contribution in [3.05, 3.63) is 70.7 Å². The monoisotopic (exact) mass is 345 g/mol. The highest BCUT2D eigenvalue weighted by molar-refractivity contribution is 6.30. The van der Waals surface area contributed by atoms with Gasteiger partial charge in [0.1, 0.15) is 11.6 Å². The van der Waals surface area contributed by atoms with Crippen molar-refractivity contribution in [3.8, 4) is 0 Å². The Kier molecular flexibility index (Phi) is 5.62. The van der Waals surface area contributed by atoms with Crippen LogP contribution in [0, 0.1) is 0 Å². The molecule has 0 aliphatic heterocycles. The van der Waals surface area contributed by atoms with Gasteiger partial charge in [0.15, 0.2) is 5.78 Å². The Morgan fingerprint density at radius 3 is 2.12 bits per heavy atom. The van der Waals surface area contributed by atoms with Gasteiger partial charge in [-0.25, -0.2) is 4.79 Å². The average molecular weight is 346 g/mol. The number of halogens is 1. The van der Waals surface area contributed by atoms with Gasteiger partial charge in [-0.3, -0.25) is 4.79 Å². The Bertz CT molecular complexity index is 706. The quantitative estimate of drug-likeness (QED) is 0.810. The van der Waals surface area contributed by atoms with Crippen molar-refractivity contribution in [2.45, 2.75) is 32.4 Å². The summed E-state index contributed by atoms with van der Waals surface area (Å²) in [7, 11) is 0. The summed E-state index contributed by atoms with van der Waals surface area (Å²) >= 11 is 5.91. The summed E-state index contributed by atoms with van der Waals surface area (Å²) in [5.41, 5.74) is 0.498. The Morgan fingerprint density at radius 1 is 1.00 bits per heavy atom. The molecule has 0 bridgehead atoms. The number of ether oxygens (including phenoxy) is 1. The fraction of sp³-hybridized carbons (Fsp3) is 0.263. The predicted octanol–water partition coefficient (Wildman–Crippen LogP) is 4.79. The van der Waals surface area contributed by atoms with Crippen molar-refractivity contribution in [3.63, 3.8) is 0 Å². The molecule has 2 rings (SSSR count). The Balaban J connectivity index is 2.29. The molecular formula is C19H20ClNO3. The van der Waals surface area contributed by atoms with Crippen molar-refractivity contribution in [1.82, 2.24) is 5.32 Å². The number of nitrogens with one attached hydrogen (secondary N) is 1.